The molecule has 1 fully saturated rings. The quantitative estimate of drug-likeness (QED) is 0.589. The van der Waals surface area contributed by atoms with Crippen LogP contribution in [0.1, 0.15) is 40.0 Å². The van der Waals surface area contributed by atoms with E-state index >= 15 is 0 Å². The van der Waals surface area contributed by atoms with Crippen molar-refractivity contribution >= 4 is 6.09 Å². The molecule has 2 atom stereocenters. The van der Waals surface area contributed by atoms with Crippen LogP contribution in [0.2, 0.25) is 0 Å². The molecule has 9 heteroatoms. The van der Waals surface area contributed by atoms with Gasteiger partial charge in [0, 0.05) is 17.8 Å². The van der Waals surface area contributed by atoms with Gasteiger partial charge in [0.15, 0.2) is 5.75 Å². The number of rotatable bonds is 6. The van der Waals surface area contributed by atoms with Gasteiger partial charge < -0.3 is 14.8 Å². The first-order chi connectivity index (χ1) is 15.8. The lowest BCUT2D eigenvalue weighted by atomic mass is 10.1. The molecule has 174 valence electrons. The fourth-order valence-corrected chi connectivity index (χ4v) is 3.89. The predicted octanol–water partition coefficient (Wildman–Crippen LogP) is 4.54. The van der Waals surface area contributed by atoms with Crippen LogP contribution in [0.5, 0.6) is 5.75 Å². The van der Waals surface area contributed by atoms with Crippen molar-refractivity contribution < 1.29 is 18.7 Å². The SMILES string of the molecule is CC(C)(C)OC(=O)N[C@@H]1CC[C@H](COc2cncnc2-c2cnn(-c3ccccc3F)c2)C1. The number of alkyl carbamates (subject to hydrolysis) is 1. The van der Waals surface area contributed by atoms with Crippen molar-refractivity contribution in [1.82, 2.24) is 25.1 Å². The van der Waals surface area contributed by atoms with Gasteiger partial charge in [0.2, 0.25) is 0 Å². The Morgan fingerprint density at radius 3 is 2.85 bits per heavy atom. The first-order valence-corrected chi connectivity index (χ1v) is 11.0. The van der Waals surface area contributed by atoms with Crippen LogP contribution in [-0.2, 0) is 4.74 Å². The van der Waals surface area contributed by atoms with Crippen LogP contribution in [0.15, 0.2) is 49.2 Å². The number of ether oxygens (including phenoxy) is 2. The average Bonchev–Trinajstić information content (AvgIpc) is 3.41. The summed E-state index contributed by atoms with van der Waals surface area (Å²) in [6.07, 6.45) is 8.64. The number of halogens is 1. The van der Waals surface area contributed by atoms with Gasteiger partial charge in [-0.2, -0.15) is 5.10 Å². The minimum absolute atomic E-state index is 0.0685. The number of para-hydroxylation sites is 1. The molecule has 1 aliphatic carbocycles. The molecule has 0 saturated heterocycles. The van der Waals surface area contributed by atoms with Gasteiger partial charge in [0.1, 0.15) is 29.1 Å². The Morgan fingerprint density at radius 1 is 1.24 bits per heavy atom. The molecule has 3 aromatic rings. The summed E-state index contributed by atoms with van der Waals surface area (Å²) in [6.45, 7) is 6.01. The Labute approximate surface area is 192 Å². The van der Waals surface area contributed by atoms with Crippen LogP contribution in [0.4, 0.5) is 9.18 Å². The van der Waals surface area contributed by atoms with Crippen molar-refractivity contribution in [3.05, 3.63) is 55.0 Å². The summed E-state index contributed by atoms with van der Waals surface area (Å²) in [4.78, 5) is 20.5. The van der Waals surface area contributed by atoms with Crippen LogP contribution in [0.25, 0.3) is 16.9 Å². The molecule has 0 unspecified atom stereocenters. The third-order valence-corrected chi connectivity index (χ3v) is 5.37. The monoisotopic (exact) mass is 453 g/mol. The molecule has 1 amide bonds. The molecule has 8 nitrogen and oxygen atoms in total. The van der Waals surface area contributed by atoms with Crippen LogP contribution in [0.3, 0.4) is 0 Å². The number of aromatic nitrogens is 4. The van der Waals surface area contributed by atoms with Crippen LogP contribution in [-0.4, -0.2) is 44.1 Å². The van der Waals surface area contributed by atoms with E-state index in [1.807, 2.05) is 20.8 Å². The standard InChI is InChI=1S/C24H28FN5O3/c1-24(2,3)33-23(31)29-18-9-8-16(10-18)14-32-21-12-26-15-27-22(21)17-11-28-30(13-17)20-7-5-4-6-19(20)25/h4-7,11-13,15-16,18H,8-10,14H2,1-3H3,(H,29,31)/t16-,18+/m0/s1. The maximum atomic E-state index is 14.1. The zero-order chi connectivity index (χ0) is 23.4. The second kappa shape index (κ2) is 9.56. The Kier molecular flexibility index (Phi) is 6.57. The largest absolute Gasteiger partial charge is 0.489 e. The number of hydrogen-bond acceptors (Lipinski definition) is 6. The van der Waals surface area contributed by atoms with Gasteiger partial charge >= 0.3 is 6.09 Å². The van der Waals surface area contributed by atoms with E-state index in [1.54, 1.807) is 36.8 Å². The molecule has 1 saturated carbocycles. The number of carbonyl (C=O) groups is 1. The molecular weight excluding hydrogens is 425 g/mol. The van der Waals surface area contributed by atoms with E-state index < -0.39 is 5.60 Å². The highest BCUT2D eigenvalue weighted by atomic mass is 19.1. The molecule has 0 radical (unpaired) electrons. The highest BCUT2D eigenvalue weighted by Gasteiger charge is 2.28. The topological polar surface area (TPSA) is 91.2 Å². The fraction of sp³-hybridized carbons (Fsp3) is 0.417. The maximum Gasteiger partial charge on any atom is 0.407 e. The minimum Gasteiger partial charge on any atom is -0.489 e. The van der Waals surface area contributed by atoms with Crippen molar-refractivity contribution in [2.24, 2.45) is 5.92 Å². The van der Waals surface area contributed by atoms with E-state index in [0.717, 1.165) is 19.3 Å². The van der Waals surface area contributed by atoms with Gasteiger partial charge in [-0.3, -0.25) is 0 Å². The van der Waals surface area contributed by atoms with Crippen molar-refractivity contribution in [2.45, 2.75) is 51.7 Å². The lowest BCUT2D eigenvalue weighted by Gasteiger charge is -2.21. The van der Waals surface area contributed by atoms with E-state index in [4.69, 9.17) is 9.47 Å². The lowest BCUT2D eigenvalue weighted by molar-refractivity contribution is 0.0504. The van der Waals surface area contributed by atoms with E-state index in [-0.39, 0.29) is 18.0 Å². The molecule has 0 spiro atoms. The van der Waals surface area contributed by atoms with E-state index in [1.165, 1.54) is 17.1 Å². The number of benzene rings is 1. The Bertz CT molecular complexity index is 1110. The van der Waals surface area contributed by atoms with E-state index in [2.05, 4.69) is 20.4 Å². The molecule has 0 bridgehead atoms. The Balaban J connectivity index is 1.38. The molecule has 1 aromatic carbocycles. The molecule has 33 heavy (non-hydrogen) atoms. The van der Waals surface area contributed by atoms with Crippen molar-refractivity contribution in [3.8, 4) is 22.7 Å². The molecule has 2 heterocycles. The summed E-state index contributed by atoms with van der Waals surface area (Å²) in [5.74, 6) is 0.468. The highest BCUT2D eigenvalue weighted by Crippen LogP contribution is 2.30. The van der Waals surface area contributed by atoms with Crippen molar-refractivity contribution in [3.63, 3.8) is 0 Å². The summed E-state index contributed by atoms with van der Waals surface area (Å²) >= 11 is 0. The minimum atomic E-state index is -0.519. The lowest BCUT2D eigenvalue weighted by Crippen LogP contribution is -2.38. The average molecular weight is 454 g/mol. The summed E-state index contributed by atoms with van der Waals surface area (Å²) in [6, 6.07) is 6.51. The van der Waals surface area contributed by atoms with Gasteiger partial charge in [0.25, 0.3) is 0 Å². The molecule has 0 aliphatic heterocycles. The second-order valence-corrected chi connectivity index (χ2v) is 9.19. The highest BCUT2D eigenvalue weighted by molar-refractivity contribution is 5.68. The third kappa shape index (κ3) is 5.85. The fourth-order valence-electron chi connectivity index (χ4n) is 3.89. The number of carbonyl (C=O) groups excluding carboxylic acids is 1. The number of nitrogens with one attached hydrogen (secondary N) is 1. The summed E-state index contributed by atoms with van der Waals surface area (Å²) in [5.41, 5.74) is 1.13. The van der Waals surface area contributed by atoms with Gasteiger partial charge in [-0.05, 0) is 58.1 Å². The van der Waals surface area contributed by atoms with Gasteiger partial charge in [-0.25, -0.2) is 23.8 Å². The van der Waals surface area contributed by atoms with Gasteiger partial charge in [0.05, 0.1) is 19.0 Å². The third-order valence-electron chi connectivity index (χ3n) is 5.37. The number of amides is 1. The van der Waals surface area contributed by atoms with E-state index in [9.17, 15) is 9.18 Å². The van der Waals surface area contributed by atoms with Crippen LogP contribution < -0.4 is 10.1 Å². The summed E-state index contributed by atoms with van der Waals surface area (Å²) < 4.78 is 27.0. The van der Waals surface area contributed by atoms with Gasteiger partial charge in [-0.15, -0.1) is 0 Å². The normalized spacial score (nSPS) is 18.2. The zero-order valence-corrected chi connectivity index (χ0v) is 19.0. The molecule has 4 rings (SSSR count). The smallest absolute Gasteiger partial charge is 0.407 e. The zero-order valence-electron chi connectivity index (χ0n) is 19.0. The second-order valence-electron chi connectivity index (χ2n) is 9.19. The Hall–Kier alpha value is -3.49. The first kappa shape index (κ1) is 22.7. The van der Waals surface area contributed by atoms with E-state index in [0.29, 0.717) is 35.2 Å². The first-order valence-electron chi connectivity index (χ1n) is 11.0. The Morgan fingerprint density at radius 2 is 2.06 bits per heavy atom. The van der Waals surface area contributed by atoms with Crippen molar-refractivity contribution in [2.75, 3.05) is 6.61 Å². The predicted molar refractivity (Wildman–Crippen MR) is 121 cm³/mol. The van der Waals surface area contributed by atoms with Gasteiger partial charge in [-0.1, -0.05) is 12.1 Å². The number of nitrogens with zero attached hydrogens (tertiary/aromatic N) is 4. The van der Waals surface area contributed by atoms with Crippen LogP contribution >= 0.6 is 0 Å². The summed E-state index contributed by atoms with van der Waals surface area (Å²) in [5, 5.41) is 7.21. The number of hydrogen-bond donors (Lipinski definition) is 1. The maximum absolute atomic E-state index is 14.1. The molecule has 2 aromatic heterocycles. The summed E-state index contributed by atoms with van der Waals surface area (Å²) in [7, 11) is 0. The van der Waals surface area contributed by atoms with Crippen LogP contribution in [0, 0.1) is 11.7 Å². The van der Waals surface area contributed by atoms with Crippen molar-refractivity contribution in [1.29, 1.82) is 0 Å². The molecule has 1 aliphatic rings. The molecular formula is C24H28FN5O3. The molecule has 1 N–H and O–H groups in total.